The quantitative estimate of drug-likeness (QED) is 0.336. The van der Waals surface area contributed by atoms with Crippen LogP contribution in [0.15, 0.2) is 30.7 Å². The van der Waals surface area contributed by atoms with Gasteiger partial charge in [-0.3, -0.25) is 4.79 Å². The van der Waals surface area contributed by atoms with E-state index in [1.807, 2.05) is 4.90 Å². The molecule has 3 aliphatic heterocycles. The average molecular weight is 701 g/mol. The van der Waals surface area contributed by atoms with Gasteiger partial charge in [0.2, 0.25) is 10.0 Å². The average Bonchev–Trinajstić information content (AvgIpc) is 3.00. The van der Waals surface area contributed by atoms with Gasteiger partial charge in [0.25, 0.3) is 5.91 Å². The Morgan fingerprint density at radius 2 is 1.85 bits per heavy atom. The molecule has 0 saturated carbocycles. The highest BCUT2D eigenvalue weighted by Gasteiger charge is 2.46. The fourth-order valence-corrected chi connectivity index (χ4v) is 7.39. The molecule has 4 heterocycles. The smallest absolute Gasteiger partial charge is 0.406 e. The number of rotatable bonds is 11. The summed E-state index contributed by atoms with van der Waals surface area (Å²) in [4.78, 5) is 26.8. The molecular formula is C32H44F4N6O5S. The zero-order valence-corrected chi connectivity index (χ0v) is 28.5. The van der Waals surface area contributed by atoms with Crippen LogP contribution >= 0.6 is 0 Å². The SMILES string of the molecule is CC(C)N(CC(F)(F)F)C(=O)c1cc(F)ccc1Oc1cncnc1N1CC2(CCN(C[C@@H]3CC[C@@H](NS(=O)(=O)C(C)C)CO3)CC2)C1. The molecule has 1 aromatic carbocycles. The summed E-state index contributed by atoms with van der Waals surface area (Å²) in [6.45, 7) is 9.13. The van der Waals surface area contributed by atoms with E-state index in [0.717, 1.165) is 57.5 Å². The van der Waals surface area contributed by atoms with Gasteiger partial charge in [-0.2, -0.15) is 13.2 Å². The molecule has 0 bridgehead atoms. The molecule has 0 radical (unpaired) electrons. The van der Waals surface area contributed by atoms with E-state index in [-0.39, 0.29) is 34.6 Å². The number of aromatic nitrogens is 2. The van der Waals surface area contributed by atoms with Crippen LogP contribution in [0.5, 0.6) is 11.5 Å². The molecule has 48 heavy (non-hydrogen) atoms. The summed E-state index contributed by atoms with van der Waals surface area (Å²) >= 11 is 0. The molecule has 1 amide bonds. The maximum Gasteiger partial charge on any atom is 0.406 e. The van der Waals surface area contributed by atoms with E-state index in [1.165, 1.54) is 32.4 Å². The summed E-state index contributed by atoms with van der Waals surface area (Å²) in [5, 5.41) is -0.485. The summed E-state index contributed by atoms with van der Waals surface area (Å²) < 4.78 is 93.2. The molecular weight excluding hydrogens is 656 g/mol. The summed E-state index contributed by atoms with van der Waals surface area (Å²) in [5.74, 6) is -1.19. The Morgan fingerprint density at radius 1 is 1.15 bits per heavy atom. The third-order valence-corrected chi connectivity index (χ3v) is 11.2. The van der Waals surface area contributed by atoms with Gasteiger partial charge in [-0.1, -0.05) is 0 Å². The molecule has 1 spiro atoms. The minimum Gasteiger partial charge on any atom is -0.451 e. The molecule has 5 rings (SSSR count). The normalized spacial score (nSPS) is 21.8. The predicted octanol–water partition coefficient (Wildman–Crippen LogP) is 4.60. The number of carbonyl (C=O) groups is 1. The minimum atomic E-state index is -4.64. The number of halogens is 4. The van der Waals surface area contributed by atoms with Gasteiger partial charge in [-0.25, -0.2) is 27.5 Å². The van der Waals surface area contributed by atoms with Crippen molar-refractivity contribution in [2.24, 2.45) is 5.41 Å². The molecule has 3 fully saturated rings. The topological polar surface area (TPSA) is 117 Å². The summed E-state index contributed by atoms with van der Waals surface area (Å²) in [6.07, 6.45) is 1.68. The molecule has 1 aromatic heterocycles. The van der Waals surface area contributed by atoms with Crippen LogP contribution in [-0.4, -0.2) is 110 Å². The zero-order chi connectivity index (χ0) is 34.9. The number of piperidine rings is 1. The monoisotopic (exact) mass is 700 g/mol. The number of amides is 1. The van der Waals surface area contributed by atoms with Crippen molar-refractivity contribution in [3.8, 4) is 11.5 Å². The number of nitrogens with zero attached hydrogens (tertiary/aromatic N) is 5. The molecule has 11 nitrogen and oxygen atoms in total. The van der Waals surface area contributed by atoms with Crippen LogP contribution in [0.1, 0.15) is 63.7 Å². The van der Waals surface area contributed by atoms with Crippen LogP contribution in [0.3, 0.4) is 0 Å². The van der Waals surface area contributed by atoms with Gasteiger partial charge in [0, 0.05) is 37.1 Å². The molecule has 3 aliphatic rings. The standard InChI is InChI=1S/C32H44F4N6O5S/c1-21(2)42(19-32(34,35)36)30(43)26-13-23(33)5-8-27(26)47-28-14-37-20-38-29(28)41-17-31(18-41)9-11-40(12-10-31)15-25-7-6-24(16-46-25)39-48(44,45)22(3)4/h5,8,13-14,20-22,24-25,39H,6-7,9-12,15-19H2,1-4H3/t24-,25+/m1/s1. The Labute approximate surface area is 279 Å². The lowest BCUT2D eigenvalue weighted by atomic mass is 9.72. The van der Waals surface area contributed by atoms with E-state index in [1.54, 1.807) is 13.8 Å². The highest BCUT2D eigenvalue weighted by molar-refractivity contribution is 7.90. The molecule has 3 saturated heterocycles. The second kappa shape index (κ2) is 14.4. The van der Waals surface area contributed by atoms with Gasteiger partial charge in [0.05, 0.1) is 29.7 Å². The molecule has 2 aromatic rings. The third-order valence-electron chi connectivity index (χ3n) is 9.34. The van der Waals surface area contributed by atoms with Crippen molar-refractivity contribution in [3.63, 3.8) is 0 Å². The fraction of sp³-hybridized carbons (Fsp3) is 0.656. The number of carbonyl (C=O) groups excluding carboxylic acids is 1. The largest absolute Gasteiger partial charge is 0.451 e. The van der Waals surface area contributed by atoms with E-state index in [9.17, 15) is 30.8 Å². The first-order valence-corrected chi connectivity index (χ1v) is 17.8. The lowest BCUT2D eigenvalue weighted by Gasteiger charge is -2.54. The van der Waals surface area contributed by atoms with Crippen LogP contribution in [0, 0.1) is 11.2 Å². The molecule has 2 atom stereocenters. The number of nitrogens with one attached hydrogen (secondary N) is 1. The summed E-state index contributed by atoms with van der Waals surface area (Å²) in [5.41, 5.74) is -0.247. The second-order valence-electron chi connectivity index (χ2n) is 13.7. The van der Waals surface area contributed by atoms with Gasteiger partial charge in [0.1, 0.15) is 24.4 Å². The maximum absolute atomic E-state index is 14.3. The van der Waals surface area contributed by atoms with Crippen molar-refractivity contribution in [2.45, 2.75) is 83.0 Å². The first-order chi connectivity index (χ1) is 22.5. The third kappa shape index (κ3) is 8.74. The number of likely N-dealkylation sites (tertiary alicyclic amines) is 1. The molecule has 0 unspecified atom stereocenters. The Bertz CT molecular complexity index is 1540. The van der Waals surface area contributed by atoms with E-state index < -0.39 is 45.8 Å². The number of ether oxygens (including phenoxy) is 2. The van der Waals surface area contributed by atoms with Gasteiger partial charge < -0.3 is 24.2 Å². The van der Waals surface area contributed by atoms with Gasteiger partial charge >= 0.3 is 6.18 Å². The highest BCUT2D eigenvalue weighted by Crippen LogP contribution is 2.45. The van der Waals surface area contributed by atoms with Gasteiger partial charge in [-0.15, -0.1) is 0 Å². The van der Waals surface area contributed by atoms with Gasteiger partial charge in [-0.05, 0) is 84.7 Å². The number of benzene rings is 1. The van der Waals surface area contributed by atoms with Crippen molar-refractivity contribution in [1.82, 2.24) is 24.5 Å². The van der Waals surface area contributed by atoms with E-state index in [2.05, 4.69) is 19.6 Å². The second-order valence-corrected chi connectivity index (χ2v) is 16.0. The minimum absolute atomic E-state index is 0.0572. The lowest BCUT2D eigenvalue weighted by Crippen LogP contribution is -2.61. The lowest BCUT2D eigenvalue weighted by molar-refractivity contribution is -0.143. The summed E-state index contributed by atoms with van der Waals surface area (Å²) in [6, 6.07) is 2.18. The molecule has 16 heteroatoms. The van der Waals surface area contributed by atoms with Crippen molar-refractivity contribution < 1.29 is 40.2 Å². The number of hydrogen-bond donors (Lipinski definition) is 1. The number of hydrogen-bond acceptors (Lipinski definition) is 9. The van der Waals surface area contributed by atoms with Crippen LogP contribution in [0.4, 0.5) is 23.4 Å². The van der Waals surface area contributed by atoms with Crippen LogP contribution in [-0.2, 0) is 14.8 Å². The van der Waals surface area contributed by atoms with E-state index >= 15 is 0 Å². The number of alkyl halides is 3. The van der Waals surface area contributed by atoms with Crippen molar-refractivity contribution in [3.05, 3.63) is 42.1 Å². The molecule has 1 N–H and O–H groups in total. The zero-order valence-electron chi connectivity index (χ0n) is 27.7. The van der Waals surface area contributed by atoms with Crippen molar-refractivity contribution in [2.75, 3.05) is 50.8 Å². The Kier molecular flexibility index (Phi) is 10.9. The Hall–Kier alpha value is -3.08. The van der Waals surface area contributed by atoms with Crippen molar-refractivity contribution in [1.29, 1.82) is 0 Å². The van der Waals surface area contributed by atoms with Crippen LogP contribution in [0.25, 0.3) is 0 Å². The van der Waals surface area contributed by atoms with Crippen LogP contribution < -0.4 is 14.4 Å². The predicted molar refractivity (Wildman–Crippen MR) is 171 cm³/mol. The first-order valence-electron chi connectivity index (χ1n) is 16.3. The van der Waals surface area contributed by atoms with E-state index in [4.69, 9.17) is 9.47 Å². The van der Waals surface area contributed by atoms with Crippen LogP contribution in [0.2, 0.25) is 0 Å². The Balaban J connectivity index is 1.17. The highest BCUT2D eigenvalue weighted by atomic mass is 32.2. The van der Waals surface area contributed by atoms with Crippen molar-refractivity contribution >= 4 is 21.7 Å². The van der Waals surface area contributed by atoms with E-state index in [0.29, 0.717) is 30.4 Å². The number of sulfonamides is 1. The van der Waals surface area contributed by atoms with Gasteiger partial charge in [0.15, 0.2) is 11.6 Å². The Morgan fingerprint density at radius 3 is 2.46 bits per heavy atom. The number of anilines is 1. The first kappa shape index (κ1) is 36.2. The fourth-order valence-electron chi connectivity index (χ4n) is 6.47. The summed E-state index contributed by atoms with van der Waals surface area (Å²) in [7, 11) is -3.34. The maximum atomic E-state index is 14.3. The molecule has 266 valence electrons. The molecule has 0 aliphatic carbocycles.